The van der Waals surface area contributed by atoms with Gasteiger partial charge in [-0.25, -0.2) is 4.98 Å². The Hall–Kier alpha value is -1.73. The molecule has 1 amide bonds. The minimum atomic E-state index is -0.178. The first-order valence-electron chi connectivity index (χ1n) is 6.62. The zero-order valence-electron chi connectivity index (χ0n) is 12.1. The maximum Gasteiger partial charge on any atom is 0.236 e. The molecule has 122 valence electrons. The second-order valence-electron chi connectivity index (χ2n) is 4.41. The molecule has 0 saturated carbocycles. The molecule has 24 heavy (non-hydrogen) atoms. The molecule has 2 heterocycles. The summed E-state index contributed by atoms with van der Waals surface area (Å²) in [4.78, 5) is 19.5. The number of nitrogens with zero attached hydrogens (tertiary/aromatic N) is 3. The van der Waals surface area contributed by atoms with Gasteiger partial charge in [0.15, 0.2) is 9.50 Å². The third-order valence-corrected chi connectivity index (χ3v) is 5.68. The topological polar surface area (TPSA) is 83.6 Å². The Morgan fingerprint density at radius 2 is 2.29 bits per heavy atom. The highest BCUT2D eigenvalue weighted by atomic mass is 35.5. The number of hydrogen-bond donors (Lipinski definition) is 2. The lowest BCUT2D eigenvalue weighted by molar-refractivity contribution is -0.113. The van der Waals surface area contributed by atoms with Gasteiger partial charge in [-0.2, -0.15) is 0 Å². The van der Waals surface area contributed by atoms with E-state index in [0.717, 1.165) is 15.4 Å². The van der Waals surface area contributed by atoms with E-state index in [1.807, 2.05) is 6.07 Å². The van der Waals surface area contributed by atoms with Crippen molar-refractivity contribution in [2.45, 2.75) is 9.50 Å². The van der Waals surface area contributed by atoms with Crippen LogP contribution in [0.25, 0.3) is 11.0 Å². The number of thioether (sulfide) groups is 2. The maximum absolute atomic E-state index is 12.0. The average Bonchev–Trinajstić information content (AvgIpc) is 3.16. The van der Waals surface area contributed by atoms with Gasteiger partial charge in [0.1, 0.15) is 0 Å². The summed E-state index contributed by atoms with van der Waals surface area (Å²) in [6, 6.07) is 5.40. The van der Waals surface area contributed by atoms with Crippen molar-refractivity contribution < 1.29 is 4.79 Å². The number of carbonyl (C=O) groups is 1. The molecule has 0 spiro atoms. The number of amides is 1. The Bertz CT molecular complexity index is 917. The second-order valence-corrected chi connectivity index (χ2v) is 8.01. The first-order chi connectivity index (χ1) is 11.6. The van der Waals surface area contributed by atoms with E-state index in [-0.39, 0.29) is 11.7 Å². The second kappa shape index (κ2) is 7.90. The van der Waals surface area contributed by atoms with Crippen LogP contribution in [0.1, 0.15) is 0 Å². The summed E-state index contributed by atoms with van der Waals surface area (Å²) in [6.07, 6.45) is 5.19. The number of fused-ring (bicyclic) bond motifs is 1. The van der Waals surface area contributed by atoms with Crippen molar-refractivity contribution in [2.24, 2.45) is 0 Å². The number of aromatic amines is 1. The van der Waals surface area contributed by atoms with Crippen LogP contribution in [-0.4, -0.2) is 37.6 Å². The van der Waals surface area contributed by atoms with E-state index in [4.69, 9.17) is 18.0 Å². The van der Waals surface area contributed by atoms with Crippen LogP contribution in [0.3, 0.4) is 0 Å². The molecule has 0 unspecified atom stereocenters. The number of aromatic nitrogens is 4. The summed E-state index contributed by atoms with van der Waals surface area (Å²) in [5.74, 6) is 3.06. The van der Waals surface area contributed by atoms with Crippen LogP contribution in [0.2, 0.25) is 5.02 Å². The van der Waals surface area contributed by atoms with Crippen LogP contribution in [-0.2, 0) is 4.79 Å². The first kappa shape index (κ1) is 17.1. The molecule has 2 N–H and O–H groups in total. The highest BCUT2D eigenvalue weighted by Crippen LogP contribution is 2.26. The van der Waals surface area contributed by atoms with E-state index in [2.05, 4.69) is 31.4 Å². The lowest BCUT2D eigenvalue weighted by Crippen LogP contribution is -2.13. The Labute approximate surface area is 155 Å². The number of H-pyrrole nitrogens is 1. The zero-order valence-corrected chi connectivity index (χ0v) is 15.3. The van der Waals surface area contributed by atoms with Gasteiger partial charge in [-0.15, -0.1) is 16.6 Å². The normalized spacial score (nSPS) is 10.7. The Kier molecular flexibility index (Phi) is 5.63. The van der Waals surface area contributed by atoms with Gasteiger partial charge >= 0.3 is 0 Å². The molecule has 1 aromatic carbocycles. The molecular formula is C14H10ClN5OS3. The summed E-state index contributed by atoms with van der Waals surface area (Å²) < 4.78 is 0.727. The van der Waals surface area contributed by atoms with E-state index in [1.165, 1.54) is 34.9 Å². The summed E-state index contributed by atoms with van der Waals surface area (Å²) in [6.45, 7) is 0. The molecule has 10 heteroatoms. The van der Waals surface area contributed by atoms with Crippen LogP contribution in [0, 0.1) is 12.3 Å². The first-order valence-corrected chi connectivity index (χ1v) is 9.78. The van der Waals surface area contributed by atoms with Gasteiger partial charge in [-0.3, -0.25) is 10.1 Å². The molecule has 0 aliphatic carbocycles. The number of imidazole rings is 1. The Morgan fingerprint density at radius 1 is 1.42 bits per heavy atom. The van der Waals surface area contributed by atoms with E-state index in [0.29, 0.717) is 21.1 Å². The summed E-state index contributed by atoms with van der Waals surface area (Å²) >= 11 is 9.94. The average molecular weight is 396 g/mol. The van der Waals surface area contributed by atoms with E-state index in [9.17, 15) is 4.79 Å². The highest BCUT2D eigenvalue weighted by Gasteiger charge is 2.11. The van der Waals surface area contributed by atoms with Crippen molar-refractivity contribution in [2.75, 3.05) is 16.8 Å². The van der Waals surface area contributed by atoms with E-state index < -0.39 is 0 Å². The third-order valence-electron chi connectivity index (χ3n) is 2.69. The van der Waals surface area contributed by atoms with Crippen LogP contribution in [0.15, 0.2) is 27.7 Å². The van der Waals surface area contributed by atoms with Gasteiger partial charge in [0.2, 0.25) is 11.0 Å². The monoisotopic (exact) mass is 395 g/mol. The highest BCUT2D eigenvalue weighted by molar-refractivity contribution is 8.01. The zero-order chi connectivity index (χ0) is 16.9. The van der Waals surface area contributed by atoms with E-state index in [1.54, 1.807) is 12.1 Å². The van der Waals surface area contributed by atoms with Crippen molar-refractivity contribution >= 4 is 68.5 Å². The van der Waals surface area contributed by atoms with E-state index >= 15 is 0 Å². The molecule has 0 saturated heterocycles. The maximum atomic E-state index is 12.0. The van der Waals surface area contributed by atoms with Gasteiger partial charge in [0.05, 0.1) is 22.5 Å². The van der Waals surface area contributed by atoms with Gasteiger partial charge in [-0.05, 0) is 18.2 Å². The molecule has 3 aromatic rings. The lowest BCUT2D eigenvalue weighted by atomic mass is 10.3. The SMILES string of the molecule is C#CCSc1nnc(NC(=O)CSc2nc3ccc(Cl)cc3[nH]2)s1. The smallest absolute Gasteiger partial charge is 0.236 e. The molecule has 0 aliphatic heterocycles. The molecule has 6 nitrogen and oxygen atoms in total. The summed E-state index contributed by atoms with van der Waals surface area (Å²) in [5, 5.41) is 12.3. The predicted octanol–water partition coefficient (Wildman–Crippen LogP) is 3.52. The van der Waals surface area contributed by atoms with Crippen molar-refractivity contribution in [3.8, 4) is 12.3 Å². The molecule has 0 radical (unpaired) electrons. The third kappa shape index (κ3) is 4.42. The molecule has 0 atom stereocenters. The number of carbonyl (C=O) groups excluding carboxylic acids is 1. The van der Waals surface area contributed by atoms with Crippen molar-refractivity contribution in [1.82, 2.24) is 20.2 Å². The quantitative estimate of drug-likeness (QED) is 0.377. The van der Waals surface area contributed by atoms with Crippen LogP contribution in [0.5, 0.6) is 0 Å². The summed E-state index contributed by atoms with van der Waals surface area (Å²) in [5.41, 5.74) is 1.64. The number of nitrogens with one attached hydrogen (secondary N) is 2. The molecular weight excluding hydrogens is 386 g/mol. The molecule has 0 fully saturated rings. The van der Waals surface area contributed by atoms with Gasteiger partial charge in [0, 0.05) is 5.02 Å². The fourth-order valence-corrected chi connectivity index (χ4v) is 4.04. The van der Waals surface area contributed by atoms with Crippen molar-refractivity contribution in [3.05, 3.63) is 23.2 Å². The van der Waals surface area contributed by atoms with Crippen LogP contribution in [0.4, 0.5) is 5.13 Å². The minimum absolute atomic E-state index is 0.178. The van der Waals surface area contributed by atoms with Crippen LogP contribution < -0.4 is 5.32 Å². The number of anilines is 1. The predicted molar refractivity (Wildman–Crippen MR) is 99.9 cm³/mol. The fraction of sp³-hybridized carbons (Fsp3) is 0.143. The van der Waals surface area contributed by atoms with Crippen LogP contribution >= 0.6 is 46.5 Å². The lowest BCUT2D eigenvalue weighted by Gasteiger charge is -1.98. The molecule has 0 bridgehead atoms. The van der Waals surface area contributed by atoms with Gasteiger partial charge < -0.3 is 4.98 Å². The number of benzene rings is 1. The molecule has 2 aromatic heterocycles. The minimum Gasteiger partial charge on any atom is -0.333 e. The Morgan fingerprint density at radius 3 is 3.12 bits per heavy atom. The number of terminal acetylenes is 1. The molecule has 3 rings (SSSR count). The van der Waals surface area contributed by atoms with Gasteiger partial charge in [0.25, 0.3) is 0 Å². The Balaban J connectivity index is 1.54. The largest absolute Gasteiger partial charge is 0.333 e. The molecule has 0 aliphatic rings. The number of halogens is 1. The number of rotatable bonds is 6. The fourth-order valence-electron chi connectivity index (χ4n) is 1.74. The summed E-state index contributed by atoms with van der Waals surface area (Å²) in [7, 11) is 0. The van der Waals surface area contributed by atoms with Crippen molar-refractivity contribution in [3.63, 3.8) is 0 Å². The standard InChI is InChI=1S/C14H10ClN5OS3/c1-2-5-22-14-20-19-13(24-14)18-11(21)7-23-12-16-9-4-3-8(15)6-10(9)17-12/h1,3-4,6H,5,7H2,(H,16,17)(H,18,19,21). The van der Waals surface area contributed by atoms with Gasteiger partial charge in [-0.1, -0.05) is 52.4 Å². The van der Waals surface area contributed by atoms with Crippen molar-refractivity contribution in [1.29, 1.82) is 0 Å². The number of hydrogen-bond acceptors (Lipinski definition) is 7.